The highest BCUT2D eigenvalue weighted by atomic mass is 16.6. The number of rotatable bonds is 5. The summed E-state index contributed by atoms with van der Waals surface area (Å²) < 4.78 is 0. The Morgan fingerprint density at radius 3 is 2.62 bits per heavy atom. The predicted octanol–water partition coefficient (Wildman–Crippen LogP) is 2.56. The molecule has 1 aromatic carbocycles. The zero-order chi connectivity index (χ0) is 15.4. The minimum absolute atomic E-state index is 0.142. The molecule has 2 rings (SSSR count). The number of piperidine rings is 1. The van der Waals surface area contributed by atoms with E-state index in [2.05, 4.69) is 22.2 Å². The highest BCUT2D eigenvalue weighted by Gasteiger charge is 2.22. The van der Waals surface area contributed by atoms with E-state index in [4.69, 9.17) is 0 Å². The second kappa shape index (κ2) is 6.76. The highest BCUT2D eigenvalue weighted by Crippen LogP contribution is 2.29. The Hall–Kier alpha value is -1.82. The van der Waals surface area contributed by atoms with E-state index in [0.29, 0.717) is 6.04 Å². The topological polar surface area (TPSA) is 61.6 Å². The minimum atomic E-state index is -0.327. The van der Waals surface area contributed by atoms with Crippen molar-refractivity contribution in [2.75, 3.05) is 43.9 Å². The van der Waals surface area contributed by atoms with Gasteiger partial charge < -0.3 is 15.1 Å². The van der Waals surface area contributed by atoms with Crippen LogP contribution >= 0.6 is 0 Å². The molecule has 0 spiro atoms. The van der Waals surface area contributed by atoms with E-state index in [9.17, 15) is 10.1 Å². The first kappa shape index (κ1) is 15.6. The van der Waals surface area contributed by atoms with Crippen LogP contribution in [-0.2, 0) is 0 Å². The van der Waals surface area contributed by atoms with Crippen LogP contribution in [0.2, 0.25) is 0 Å². The van der Waals surface area contributed by atoms with Gasteiger partial charge in [0.15, 0.2) is 0 Å². The molecule has 21 heavy (non-hydrogen) atoms. The fraction of sp³-hybridized carbons (Fsp3) is 0.600. The predicted molar refractivity (Wildman–Crippen MR) is 86.2 cm³/mol. The van der Waals surface area contributed by atoms with Crippen LogP contribution in [0, 0.1) is 10.1 Å². The van der Waals surface area contributed by atoms with Gasteiger partial charge in [0.1, 0.15) is 0 Å². The molecule has 0 aliphatic carbocycles. The second-order valence-corrected chi connectivity index (χ2v) is 5.67. The Kier molecular flexibility index (Phi) is 5.01. The van der Waals surface area contributed by atoms with Crippen LogP contribution in [0.5, 0.6) is 0 Å². The summed E-state index contributed by atoms with van der Waals surface area (Å²) in [4.78, 5) is 15.3. The van der Waals surface area contributed by atoms with Gasteiger partial charge in [0, 0.05) is 43.1 Å². The molecule has 116 valence electrons. The van der Waals surface area contributed by atoms with Gasteiger partial charge in [-0.2, -0.15) is 0 Å². The molecule has 0 amide bonds. The van der Waals surface area contributed by atoms with Crippen LogP contribution in [0.3, 0.4) is 0 Å². The fourth-order valence-corrected chi connectivity index (χ4v) is 2.80. The van der Waals surface area contributed by atoms with Crippen molar-refractivity contribution in [3.05, 3.63) is 28.3 Å². The third-order valence-electron chi connectivity index (χ3n) is 4.14. The molecule has 0 radical (unpaired) electrons. The van der Waals surface area contributed by atoms with Gasteiger partial charge in [-0.05, 0) is 46.0 Å². The third kappa shape index (κ3) is 3.85. The van der Waals surface area contributed by atoms with Crippen molar-refractivity contribution in [1.29, 1.82) is 0 Å². The van der Waals surface area contributed by atoms with Crippen molar-refractivity contribution >= 4 is 17.1 Å². The van der Waals surface area contributed by atoms with E-state index in [1.165, 1.54) is 0 Å². The average Bonchev–Trinajstić information content (AvgIpc) is 2.47. The van der Waals surface area contributed by atoms with Crippen molar-refractivity contribution in [2.45, 2.75) is 25.8 Å². The van der Waals surface area contributed by atoms with Gasteiger partial charge >= 0.3 is 0 Å². The van der Waals surface area contributed by atoms with Gasteiger partial charge in [0.25, 0.3) is 5.69 Å². The number of nitro groups is 1. The summed E-state index contributed by atoms with van der Waals surface area (Å²) in [5.74, 6) is 0. The van der Waals surface area contributed by atoms with E-state index >= 15 is 0 Å². The quantitative estimate of drug-likeness (QED) is 0.667. The molecule has 1 saturated heterocycles. The van der Waals surface area contributed by atoms with E-state index in [-0.39, 0.29) is 10.6 Å². The van der Waals surface area contributed by atoms with Crippen molar-refractivity contribution in [2.24, 2.45) is 0 Å². The second-order valence-electron chi connectivity index (χ2n) is 5.67. The smallest absolute Gasteiger partial charge is 0.273 e. The number of nitro benzene ring substituents is 1. The molecule has 6 nitrogen and oxygen atoms in total. The molecule has 6 heteroatoms. The Labute approximate surface area is 125 Å². The lowest BCUT2D eigenvalue weighted by molar-refractivity contribution is -0.384. The van der Waals surface area contributed by atoms with E-state index in [1.807, 2.05) is 20.0 Å². The van der Waals surface area contributed by atoms with Crippen LogP contribution in [0.4, 0.5) is 17.1 Å². The Balaban J connectivity index is 2.22. The number of hydrogen-bond acceptors (Lipinski definition) is 5. The summed E-state index contributed by atoms with van der Waals surface area (Å²) in [6, 6.07) is 5.70. The molecule has 1 aliphatic rings. The highest BCUT2D eigenvalue weighted by molar-refractivity contribution is 5.64. The average molecular weight is 292 g/mol. The first-order chi connectivity index (χ1) is 10.0. The van der Waals surface area contributed by atoms with Crippen LogP contribution in [0.1, 0.15) is 19.8 Å². The van der Waals surface area contributed by atoms with Gasteiger partial charge in [-0.25, -0.2) is 0 Å². The van der Waals surface area contributed by atoms with Crippen LogP contribution in [0.25, 0.3) is 0 Å². The normalized spacial score (nSPS) is 16.7. The Morgan fingerprint density at radius 2 is 2.05 bits per heavy atom. The number of hydrogen-bond donors (Lipinski definition) is 1. The number of nitrogens with one attached hydrogen (secondary N) is 1. The molecule has 1 aliphatic heterocycles. The number of nitrogens with zero attached hydrogens (tertiary/aromatic N) is 3. The van der Waals surface area contributed by atoms with E-state index in [1.54, 1.807) is 12.1 Å². The molecular weight excluding hydrogens is 268 g/mol. The van der Waals surface area contributed by atoms with Gasteiger partial charge in [-0.3, -0.25) is 10.1 Å². The summed E-state index contributed by atoms with van der Waals surface area (Å²) in [7, 11) is 4.16. The molecule has 1 heterocycles. The Morgan fingerprint density at radius 1 is 1.38 bits per heavy atom. The van der Waals surface area contributed by atoms with Gasteiger partial charge in [-0.15, -0.1) is 0 Å². The monoisotopic (exact) mass is 292 g/mol. The number of anilines is 2. The fourth-order valence-electron chi connectivity index (χ4n) is 2.80. The van der Waals surface area contributed by atoms with Gasteiger partial charge in [0.05, 0.1) is 4.92 Å². The molecule has 1 fully saturated rings. The zero-order valence-corrected chi connectivity index (χ0v) is 13.0. The molecule has 0 unspecified atom stereocenters. The lowest BCUT2D eigenvalue weighted by atomic mass is 10.0. The van der Waals surface area contributed by atoms with E-state index in [0.717, 1.165) is 43.9 Å². The molecule has 0 atom stereocenters. The first-order valence-corrected chi connectivity index (χ1v) is 7.46. The molecular formula is C15H24N4O2. The first-order valence-electron chi connectivity index (χ1n) is 7.46. The largest absolute Gasteiger partial charge is 0.385 e. The van der Waals surface area contributed by atoms with E-state index < -0.39 is 0 Å². The van der Waals surface area contributed by atoms with Crippen LogP contribution in [-0.4, -0.2) is 49.6 Å². The van der Waals surface area contributed by atoms with Gasteiger partial charge in [0.2, 0.25) is 0 Å². The summed E-state index contributed by atoms with van der Waals surface area (Å²) in [5.41, 5.74) is 1.86. The zero-order valence-electron chi connectivity index (χ0n) is 13.0. The van der Waals surface area contributed by atoms with Crippen LogP contribution in [0.15, 0.2) is 18.2 Å². The maximum Gasteiger partial charge on any atom is 0.273 e. The molecule has 0 bridgehead atoms. The number of benzene rings is 1. The van der Waals surface area contributed by atoms with Crippen molar-refractivity contribution in [1.82, 2.24) is 4.90 Å². The molecule has 1 N–H and O–H groups in total. The lowest BCUT2D eigenvalue weighted by Gasteiger charge is -2.36. The maximum absolute atomic E-state index is 11.1. The number of likely N-dealkylation sites (tertiary alicyclic amines) is 1. The van der Waals surface area contributed by atoms with Crippen LogP contribution < -0.4 is 10.2 Å². The van der Waals surface area contributed by atoms with Gasteiger partial charge in [-0.1, -0.05) is 0 Å². The summed E-state index contributed by atoms with van der Waals surface area (Å²) in [6.07, 6.45) is 2.18. The Bertz CT molecular complexity index is 498. The summed E-state index contributed by atoms with van der Waals surface area (Å²) in [5, 5.41) is 14.3. The van der Waals surface area contributed by atoms with Crippen molar-refractivity contribution in [3.8, 4) is 0 Å². The van der Waals surface area contributed by atoms with Crippen molar-refractivity contribution in [3.63, 3.8) is 0 Å². The SMILES string of the molecule is CCNc1cc(N(C)C2CCN(C)CC2)cc([N+](=O)[O-])c1. The summed E-state index contributed by atoms with van der Waals surface area (Å²) in [6.45, 7) is 4.88. The molecule has 1 aromatic rings. The molecule has 0 aromatic heterocycles. The minimum Gasteiger partial charge on any atom is -0.385 e. The standard InChI is InChI=1S/C15H24N4O2/c1-4-16-12-9-14(11-15(10-12)19(20)21)18(3)13-5-7-17(2)8-6-13/h9-11,13,16H,4-8H2,1-3H3. The lowest BCUT2D eigenvalue weighted by Crippen LogP contribution is -2.42. The number of non-ortho nitro benzene ring substituents is 1. The molecule has 0 saturated carbocycles. The summed E-state index contributed by atoms with van der Waals surface area (Å²) >= 11 is 0. The third-order valence-corrected chi connectivity index (χ3v) is 4.14. The maximum atomic E-state index is 11.1. The van der Waals surface area contributed by atoms with Crippen molar-refractivity contribution < 1.29 is 4.92 Å².